The van der Waals surface area contributed by atoms with Crippen LogP contribution in [0, 0.1) is 5.82 Å². The Kier molecular flexibility index (Phi) is 3.18. The fourth-order valence-corrected chi connectivity index (χ4v) is 1.09. The van der Waals surface area contributed by atoms with Crippen LogP contribution in [-0.4, -0.2) is 17.3 Å². The summed E-state index contributed by atoms with van der Waals surface area (Å²) in [6.45, 7) is 0. The van der Waals surface area contributed by atoms with Crippen molar-refractivity contribution in [3.05, 3.63) is 35.1 Å². The van der Waals surface area contributed by atoms with Crippen LogP contribution in [0.25, 0.3) is 0 Å². The molecule has 0 aliphatic rings. The third-order valence-electron chi connectivity index (χ3n) is 1.93. The summed E-state index contributed by atoms with van der Waals surface area (Å²) in [6, 6.07) is -0.448. The highest BCUT2D eigenvalue weighted by molar-refractivity contribution is 5.87. The molecule has 1 rings (SSSR count). The molecule has 0 heterocycles. The SMILES string of the molecule is N[C@@H](c1cc(C(=O)O)ccc1F)C(F)(F)F. The van der Waals surface area contributed by atoms with Gasteiger partial charge in [0.1, 0.15) is 11.9 Å². The van der Waals surface area contributed by atoms with E-state index in [0.29, 0.717) is 12.1 Å². The minimum Gasteiger partial charge on any atom is -0.478 e. The molecular weight excluding hydrogens is 230 g/mol. The zero-order chi connectivity index (χ0) is 12.5. The molecule has 16 heavy (non-hydrogen) atoms. The molecule has 88 valence electrons. The van der Waals surface area contributed by atoms with Gasteiger partial charge >= 0.3 is 12.1 Å². The van der Waals surface area contributed by atoms with Crippen molar-refractivity contribution in [2.24, 2.45) is 5.73 Å². The largest absolute Gasteiger partial charge is 0.478 e. The number of nitrogens with two attached hydrogens (primary N) is 1. The van der Waals surface area contributed by atoms with Gasteiger partial charge in [0.05, 0.1) is 5.56 Å². The number of hydrogen-bond donors (Lipinski definition) is 2. The molecule has 1 aromatic rings. The molecule has 0 aliphatic carbocycles. The maximum absolute atomic E-state index is 13.0. The molecular formula is C9H7F4NO2. The molecule has 3 nitrogen and oxygen atoms in total. The number of halogens is 4. The molecule has 1 atom stereocenters. The van der Waals surface area contributed by atoms with E-state index in [9.17, 15) is 22.4 Å². The van der Waals surface area contributed by atoms with Crippen molar-refractivity contribution in [1.29, 1.82) is 0 Å². The Morgan fingerprint density at radius 3 is 2.38 bits per heavy atom. The number of alkyl halides is 3. The fourth-order valence-electron chi connectivity index (χ4n) is 1.09. The van der Waals surface area contributed by atoms with Gasteiger partial charge in [0.2, 0.25) is 0 Å². The average molecular weight is 237 g/mol. The van der Waals surface area contributed by atoms with Gasteiger partial charge in [-0.2, -0.15) is 13.2 Å². The topological polar surface area (TPSA) is 63.3 Å². The maximum atomic E-state index is 13.0. The molecule has 0 aromatic heterocycles. The van der Waals surface area contributed by atoms with Crippen molar-refractivity contribution in [1.82, 2.24) is 0 Å². The molecule has 0 fully saturated rings. The number of hydrogen-bond acceptors (Lipinski definition) is 2. The van der Waals surface area contributed by atoms with Crippen molar-refractivity contribution < 1.29 is 27.5 Å². The van der Waals surface area contributed by atoms with Gasteiger partial charge in [0.15, 0.2) is 0 Å². The van der Waals surface area contributed by atoms with Crippen molar-refractivity contribution in [2.75, 3.05) is 0 Å². The second kappa shape index (κ2) is 4.09. The number of carboxylic acids is 1. The summed E-state index contributed by atoms with van der Waals surface area (Å²) in [5, 5.41) is 8.54. The fraction of sp³-hybridized carbons (Fsp3) is 0.222. The van der Waals surface area contributed by atoms with E-state index in [1.807, 2.05) is 0 Å². The standard InChI is InChI=1S/C9H7F4NO2/c10-6-2-1-4(8(15)16)3-5(6)7(14)9(11,12)13/h1-3,7H,14H2,(H,15,16)/t7-/m0/s1. The maximum Gasteiger partial charge on any atom is 0.407 e. The summed E-state index contributed by atoms with van der Waals surface area (Å²) in [4.78, 5) is 10.5. The number of benzene rings is 1. The Hall–Kier alpha value is -1.63. The van der Waals surface area contributed by atoms with Crippen LogP contribution in [0.2, 0.25) is 0 Å². The third-order valence-corrected chi connectivity index (χ3v) is 1.93. The summed E-state index contributed by atoms with van der Waals surface area (Å²) < 4.78 is 49.7. The van der Waals surface area contributed by atoms with E-state index in [2.05, 4.69) is 0 Å². The van der Waals surface area contributed by atoms with E-state index in [1.54, 1.807) is 0 Å². The molecule has 7 heteroatoms. The molecule has 0 amide bonds. The molecule has 3 N–H and O–H groups in total. The molecule has 0 saturated heterocycles. The van der Waals surface area contributed by atoms with Crippen LogP contribution in [0.15, 0.2) is 18.2 Å². The number of carbonyl (C=O) groups is 1. The first-order valence-electron chi connectivity index (χ1n) is 4.08. The third kappa shape index (κ3) is 2.48. The second-order valence-electron chi connectivity index (χ2n) is 3.06. The normalized spacial score (nSPS) is 13.6. The van der Waals surface area contributed by atoms with Crippen molar-refractivity contribution in [3.63, 3.8) is 0 Å². The van der Waals surface area contributed by atoms with Gasteiger partial charge in [-0.1, -0.05) is 0 Å². The van der Waals surface area contributed by atoms with Crippen LogP contribution in [0.1, 0.15) is 22.0 Å². The first kappa shape index (κ1) is 12.4. The van der Waals surface area contributed by atoms with Crippen LogP contribution in [0.3, 0.4) is 0 Å². The molecule has 0 bridgehead atoms. The second-order valence-corrected chi connectivity index (χ2v) is 3.06. The van der Waals surface area contributed by atoms with Gasteiger partial charge in [-0.15, -0.1) is 0 Å². The minimum absolute atomic E-state index is 0.448. The van der Waals surface area contributed by atoms with Crippen LogP contribution < -0.4 is 5.73 Å². The highest BCUT2D eigenvalue weighted by Crippen LogP contribution is 2.32. The summed E-state index contributed by atoms with van der Waals surface area (Å²) in [7, 11) is 0. The van der Waals surface area contributed by atoms with Crippen molar-refractivity contribution in [2.45, 2.75) is 12.2 Å². The summed E-state index contributed by atoms with van der Waals surface area (Å²) in [6.07, 6.45) is -4.82. The Labute approximate surface area is 87.5 Å². The van der Waals surface area contributed by atoms with Gasteiger partial charge in [-0.25, -0.2) is 9.18 Å². The average Bonchev–Trinajstić information content (AvgIpc) is 2.15. The molecule has 0 saturated carbocycles. The van der Waals surface area contributed by atoms with Crippen molar-refractivity contribution in [3.8, 4) is 0 Å². The van der Waals surface area contributed by atoms with Gasteiger partial charge in [-0.3, -0.25) is 0 Å². The molecule has 0 spiro atoms. The zero-order valence-electron chi connectivity index (χ0n) is 7.75. The molecule has 0 unspecified atom stereocenters. The van der Waals surface area contributed by atoms with Gasteiger partial charge < -0.3 is 10.8 Å². The van der Waals surface area contributed by atoms with Crippen LogP contribution in [-0.2, 0) is 0 Å². The lowest BCUT2D eigenvalue weighted by molar-refractivity contribution is -0.149. The van der Waals surface area contributed by atoms with Crippen LogP contribution in [0.4, 0.5) is 17.6 Å². The van der Waals surface area contributed by atoms with Crippen LogP contribution in [0.5, 0.6) is 0 Å². The first-order valence-corrected chi connectivity index (χ1v) is 4.08. The number of rotatable bonds is 2. The monoisotopic (exact) mass is 237 g/mol. The zero-order valence-corrected chi connectivity index (χ0v) is 7.75. The predicted molar refractivity (Wildman–Crippen MR) is 46.3 cm³/mol. The van der Waals surface area contributed by atoms with E-state index in [-0.39, 0.29) is 0 Å². The summed E-state index contributed by atoms with van der Waals surface area (Å²) >= 11 is 0. The van der Waals surface area contributed by atoms with E-state index in [4.69, 9.17) is 10.8 Å². The quantitative estimate of drug-likeness (QED) is 0.774. The van der Waals surface area contributed by atoms with E-state index in [0.717, 1.165) is 6.07 Å². The highest BCUT2D eigenvalue weighted by Gasteiger charge is 2.39. The number of carboxylic acid groups (broad SMARTS) is 1. The van der Waals surface area contributed by atoms with Gasteiger partial charge in [0.25, 0.3) is 0 Å². The van der Waals surface area contributed by atoms with Gasteiger partial charge in [0, 0.05) is 5.56 Å². The van der Waals surface area contributed by atoms with Crippen molar-refractivity contribution >= 4 is 5.97 Å². The Morgan fingerprint density at radius 1 is 1.38 bits per heavy atom. The van der Waals surface area contributed by atoms with Crippen LogP contribution >= 0.6 is 0 Å². The Balaban J connectivity index is 3.22. The van der Waals surface area contributed by atoms with E-state index >= 15 is 0 Å². The Bertz CT molecular complexity index is 416. The smallest absolute Gasteiger partial charge is 0.407 e. The lowest BCUT2D eigenvalue weighted by Crippen LogP contribution is -2.29. The van der Waals surface area contributed by atoms with Gasteiger partial charge in [-0.05, 0) is 18.2 Å². The molecule has 0 radical (unpaired) electrons. The van der Waals surface area contributed by atoms with E-state index < -0.39 is 35.1 Å². The lowest BCUT2D eigenvalue weighted by Gasteiger charge is -2.16. The summed E-state index contributed by atoms with van der Waals surface area (Å²) in [5.41, 5.74) is 3.45. The number of aromatic carboxylic acids is 1. The molecule has 0 aliphatic heterocycles. The first-order chi connectivity index (χ1) is 7.23. The highest BCUT2D eigenvalue weighted by atomic mass is 19.4. The Morgan fingerprint density at radius 2 is 1.94 bits per heavy atom. The van der Waals surface area contributed by atoms with E-state index in [1.165, 1.54) is 0 Å². The minimum atomic E-state index is -4.82. The molecule has 1 aromatic carbocycles. The summed E-state index contributed by atoms with van der Waals surface area (Å²) in [5.74, 6) is -2.63. The lowest BCUT2D eigenvalue weighted by atomic mass is 10.0. The predicted octanol–water partition coefficient (Wildman–Crippen LogP) is 2.09.